The zero-order valence-electron chi connectivity index (χ0n) is 11.5. The number of benzene rings is 1. The normalized spacial score (nSPS) is 10.1. The Morgan fingerprint density at radius 1 is 1.53 bits per heavy atom. The molecule has 2 N–H and O–H groups in total. The highest BCUT2D eigenvalue weighted by Gasteiger charge is 2.19. The van der Waals surface area contributed by atoms with Crippen LogP contribution >= 0.6 is 0 Å². The number of nitrogens with two attached hydrogens (primary N) is 1. The molecule has 0 aliphatic rings. The third-order valence-corrected chi connectivity index (χ3v) is 2.83. The van der Waals surface area contributed by atoms with E-state index < -0.39 is 0 Å². The predicted octanol–water partition coefficient (Wildman–Crippen LogP) is 2.04. The Labute approximate surface area is 113 Å². The summed E-state index contributed by atoms with van der Waals surface area (Å²) < 4.78 is 5.06. The Kier molecular flexibility index (Phi) is 5.19. The summed E-state index contributed by atoms with van der Waals surface area (Å²) in [5.41, 5.74) is 6.73. The fourth-order valence-corrected chi connectivity index (χ4v) is 1.80. The summed E-state index contributed by atoms with van der Waals surface area (Å²) in [6.07, 6.45) is 0.315. The average Bonchev–Trinajstić information content (AvgIpc) is 2.38. The largest absolute Gasteiger partial charge is 0.495 e. The van der Waals surface area contributed by atoms with Crippen molar-refractivity contribution in [3.8, 4) is 11.8 Å². The van der Waals surface area contributed by atoms with Crippen LogP contribution in [-0.2, 0) is 0 Å². The topological polar surface area (TPSA) is 79.3 Å². The van der Waals surface area contributed by atoms with Crippen LogP contribution < -0.4 is 10.5 Å². The monoisotopic (exact) mass is 261 g/mol. The molecule has 19 heavy (non-hydrogen) atoms. The van der Waals surface area contributed by atoms with Gasteiger partial charge in [-0.05, 0) is 32.0 Å². The molecule has 0 heterocycles. The number of anilines is 1. The summed E-state index contributed by atoms with van der Waals surface area (Å²) in [5, 5.41) is 8.64. The van der Waals surface area contributed by atoms with Crippen molar-refractivity contribution in [3.63, 3.8) is 0 Å². The number of carbonyl (C=O) groups is 1. The Hall–Kier alpha value is -2.22. The van der Waals surface area contributed by atoms with Crippen LogP contribution in [0.5, 0.6) is 5.75 Å². The van der Waals surface area contributed by atoms with Crippen molar-refractivity contribution in [2.75, 3.05) is 19.4 Å². The Balaban J connectivity index is 2.97. The second kappa shape index (κ2) is 6.64. The smallest absolute Gasteiger partial charge is 0.254 e. The molecule has 1 aromatic rings. The average molecular weight is 261 g/mol. The molecule has 0 aliphatic heterocycles. The maximum Gasteiger partial charge on any atom is 0.254 e. The van der Waals surface area contributed by atoms with E-state index in [0.717, 1.165) is 0 Å². The first kappa shape index (κ1) is 14.8. The number of methoxy groups -OCH3 is 1. The van der Waals surface area contributed by atoms with E-state index in [1.807, 2.05) is 13.8 Å². The van der Waals surface area contributed by atoms with Crippen LogP contribution in [0, 0.1) is 11.3 Å². The molecular formula is C14H19N3O2. The van der Waals surface area contributed by atoms with Crippen molar-refractivity contribution in [1.82, 2.24) is 4.90 Å². The van der Waals surface area contributed by atoms with E-state index in [1.54, 1.807) is 23.1 Å². The van der Waals surface area contributed by atoms with Gasteiger partial charge in [0.2, 0.25) is 0 Å². The van der Waals surface area contributed by atoms with Gasteiger partial charge in [0.05, 0.1) is 25.3 Å². The van der Waals surface area contributed by atoms with Crippen LogP contribution in [0.2, 0.25) is 0 Å². The molecule has 0 fully saturated rings. The highest BCUT2D eigenvalue weighted by Crippen LogP contribution is 2.23. The van der Waals surface area contributed by atoms with Crippen LogP contribution in [0.15, 0.2) is 18.2 Å². The standard InChI is InChI=1S/C14H19N3O2/c1-10(2)17(8-4-7-15)14(18)11-5-6-13(19-3)12(16)9-11/h5-6,9-10H,4,8,16H2,1-3H3. The van der Waals surface area contributed by atoms with Gasteiger partial charge in [0.1, 0.15) is 5.75 Å². The lowest BCUT2D eigenvalue weighted by molar-refractivity contribution is 0.0710. The van der Waals surface area contributed by atoms with Crippen molar-refractivity contribution < 1.29 is 9.53 Å². The van der Waals surface area contributed by atoms with E-state index in [9.17, 15) is 4.79 Å². The fraction of sp³-hybridized carbons (Fsp3) is 0.429. The Bertz CT molecular complexity index is 492. The molecule has 0 spiro atoms. The minimum atomic E-state index is -0.125. The Morgan fingerprint density at radius 2 is 2.21 bits per heavy atom. The summed E-state index contributed by atoms with van der Waals surface area (Å²) >= 11 is 0. The molecule has 0 bridgehead atoms. The van der Waals surface area contributed by atoms with Crippen molar-refractivity contribution in [3.05, 3.63) is 23.8 Å². The van der Waals surface area contributed by atoms with Gasteiger partial charge in [0.15, 0.2) is 0 Å². The van der Waals surface area contributed by atoms with Crippen LogP contribution in [0.25, 0.3) is 0 Å². The van der Waals surface area contributed by atoms with E-state index in [2.05, 4.69) is 6.07 Å². The maximum atomic E-state index is 12.4. The summed E-state index contributed by atoms with van der Waals surface area (Å²) in [4.78, 5) is 14.0. The van der Waals surface area contributed by atoms with Gasteiger partial charge in [-0.3, -0.25) is 4.79 Å². The molecule has 0 atom stereocenters. The van der Waals surface area contributed by atoms with Gasteiger partial charge < -0.3 is 15.4 Å². The van der Waals surface area contributed by atoms with Gasteiger partial charge in [-0.25, -0.2) is 0 Å². The molecule has 0 aromatic heterocycles. The lowest BCUT2D eigenvalue weighted by Crippen LogP contribution is -2.37. The highest BCUT2D eigenvalue weighted by atomic mass is 16.5. The number of carbonyl (C=O) groups excluding carboxylic acids is 1. The number of nitriles is 1. The van der Waals surface area contributed by atoms with E-state index in [-0.39, 0.29) is 11.9 Å². The number of nitrogen functional groups attached to an aromatic ring is 1. The van der Waals surface area contributed by atoms with E-state index in [1.165, 1.54) is 7.11 Å². The summed E-state index contributed by atoms with van der Waals surface area (Å²) in [7, 11) is 1.53. The van der Waals surface area contributed by atoms with Gasteiger partial charge in [-0.1, -0.05) is 0 Å². The van der Waals surface area contributed by atoms with Crippen LogP contribution in [0.1, 0.15) is 30.6 Å². The summed E-state index contributed by atoms with van der Waals surface area (Å²) in [6, 6.07) is 7.03. The molecule has 0 saturated carbocycles. The number of hydrogen-bond donors (Lipinski definition) is 1. The molecule has 5 nitrogen and oxygen atoms in total. The molecule has 0 saturated heterocycles. The van der Waals surface area contributed by atoms with Crippen molar-refractivity contribution in [2.24, 2.45) is 0 Å². The van der Waals surface area contributed by atoms with Crippen LogP contribution in [-0.4, -0.2) is 30.5 Å². The lowest BCUT2D eigenvalue weighted by atomic mass is 10.1. The Morgan fingerprint density at radius 3 is 2.68 bits per heavy atom. The quantitative estimate of drug-likeness (QED) is 0.822. The maximum absolute atomic E-state index is 12.4. The predicted molar refractivity (Wildman–Crippen MR) is 73.8 cm³/mol. The first-order valence-corrected chi connectivity index (χ1v) is 6.12. The van der Waals surface area contributed by atoms with E-state index in [0.29, 0.717) is 30.0 Å². The molecule has 1 rings (SSSR count). The zero-order chi connectivity index (χ0) is 14.4. The van der Waals surface area contributed by atoms with E-state index in [4.69, 9.17) is 15.7 Å². The minimum Gasteiger partial charge on any atom is -0.495 e. The molecule has 0 aliphatic carbocycles. The molecule has 0 unspecified atom stereocenters. The molecular weight excluding hydrogens is 242 g/mol. The van der Waals surface area contributed by atoms with Crippen LogP contribution in [0.3, 0.4) is 0 Å². The van der Waals surface area contributed by atoms with Crippen molar-refractivity contribution >= 4 is 11.6 Å². The lowest BCUT2D eigenvalue weighted by Gasteiger charge is -2.26. The highest BCUT2D eigenvalue weighted by molar-refractivity contribution is 5.95. The van der Waals surface area contributed by atoms with Gasteiger partial charge in [-0.15, -0.1) is 0 Å². The fourth-order valence-electron chi connectivity index (χ4n) is 1.80. The summed E-state index contributed by atoms with van der Waals surface area (Å²) in [5.74, 6) is 0.421. The van der Waals surface area contributed by atoms with Gasteiger partial charge in [0.25, 0.3) is 5.91 Å². The molecule has 102 valence electrons. The SMILES string of the molecule is COc1ccc(C(=O)N(CCC#N)C(C)C)cc1N. The third-order valence-electron chi connectivity index (χ3n) is 2.83. The molecule has 1 amide bonds. The summed E-state index contributed by atoms with van der Waals surface area (Å²) in [6.45, 7) is 4.25. The number of ether oxygens (including phenoxy) is 1. The van der Waals surface area contributed by atoms with Gasteiger partial charge >= 0.3 is 0 Å². The van der Waals surface area contributed by atoms with Crippen molar-refractivity contribution in [1.29, 1.82) is 5.26 Å². The first-order valence-electron chi connectivity index (χ1n) is 6.12. The van der Waals surface area contributed by atoms with Crippen molar-refractivity contribution in [2.45, 2.75) is 26.3 Å². The first-order chi connectivity index (χ1) is 9.01. The molecule has 1 aromatic carbocycles. The van der Waals surface area contributed by atoms with E-state index >= 15 is 0 Å². The molecule has 0 radical (unpaired) electrons. The number of rotatable bonds is 5. The second-order valence-corrected chi connectivity index (χ2v) is 4.46. The number of nitrogens with zero attached hydrogens (tertiary/aromatic N) is 2. The third kappa shape index (κ3) is 3.62. The van der Waals surface area contributed by atoms with Crippen LogP contribution in [0.4, 0.5) is 5.69 Å². The number of hydrogen-bond acceptors (Lipinski definition) is 4. The molecule has 5 heteroatoms. The minimum absolute atomic E-state index is 0.0316. The van der Waals surface area contributed by atoms with Gasteiger partial charge in [0, 0.05) is 18.2 Å². The number of amides is 1. The van der Waals surface area contributed by atoms with Gasteiger partial charge in [-0.2, -0.15) is 5.26 Å². The second-order valence-electron chi connectivity index (χ2n) is 4.46. The zero-order valence-corrected chi connectivity index (χ0v) is 11.5.